The quantitative estimate of drug-likeness (QED) is 0.287. The van der Waals surface area contributed by atoms with Gasteiger partial charge in [-0.3, -0.25) is 0 Å². The Bertz CT molecular complexity index is 1300. The number of amides is 1. The maximum absolute atomic E-state index is 13.6. The first-order valence-corrected chi connectivity index (χ1v) is 14.1. The summed E-state index contributed by atoms with van der Waals surface area (Å²) in [4.78, 5) is 13.6. The monoisotopic (exact) mass is 558 g/mol. The summed E-state index contributed by atoms with van der Waals surface area (Å²) >= 11 is 0. The van der Waals surface area contributed by atoms with E-state index >= 15 is 0 Å². The van der Waals surface area contributed by atoms with Gasteiger partial charge in [-0.05, 0) is 59.9 Å². The van der Waals surface area contributed by atoms with Crippen LogP contribution in [0.3, 0.4) is 0 Å². The summed E-state index contributed by atoms with van der Waals surface area (Å²) in [6, 6.07) is 19.7. The summed E-state index contributed by atoms with van der Waals surface area (Å²) in [6.45, 7) is 3.71. The van der Waals surface area contributed by atoms with E-state index in [9.17, 15) is 27.8 Å². The van der Waals surface area contributed by atoms with Crippen LogP contribution in [-0.2, 0) is 23.0 Å². The number of ether oxygens (including phenoxy) is 1. The number of carboxylic acid groups (broad SMARTS) is 1. The number of nitrogens with zero attached hydrogens (tertiary/aromatic N) is 2. The lowest BCUT2D eigenvalue weighted by atomic mass is 10.00. The van der Waals surface area contributed by atoms with Crippen LogP contribution in [0.5, 0.6) is 5.75 Å². The van der Waals surface area contributed by atoms with Crippen LogP contribution in [-0.4, -0.2) is 59.9 Å². The molecule has 0 aromatic heterocycles. The van der Waals surface area contributed by atoms with Crippen molar-refractivity contribution in [3.05, 3.63) is 95.8 Å². The van der Waals surface area contributed by atoms with Gasteiger partial charge in [0.25, 0.3) is 0 Å². The van der Waals surface area contributed by atoms with E-state index in [0.29, 0.717) is 11.3 Å². The Kier molecular flexibility index (Phi) is 10.4. The van der Waals surface area contributed by atoms with Crippen LogP contribution in [0.2, 0.25) is 0 Å². The lowest BCUT2D eigenvalue weighted by Crippen LogP contribution is -2.48. The topological polar surface area (TPSA) is 107 Å². The molecule has 0 aliphatic carbocycles. The molecule has 10 heteroatoms. The van der Waals surface area contributed by atoms with Gasteiger partial charge in [-0.1, -0.05) is 56.3 Å². The van der Waals surface area contributed by atoms with Crippen molar-refractivity contribution in [3.63, 3.8) is 0 Å². The molecular formula is C29H35FN2O6S. The molecule has 1 amide bonds. The molecular weight excluding hydrogens is 523 g/mol. The molecule has 2 atom stereocenters. The van der Waals surface area contributed by atoms with Crippen LogP contribution in [0.25, 0.3) is 0 Å². The van der Waals surface area contributed by atoms with E-state index in [0.717, 1.165) is 9.87 Å². The summed E-state index contributed by atoms with van der Waals surface area (Å²) in [7, 11) is -2.66. The molecule has 0 aliphatic heterocycles. The smallest absolute Gasteiger partial charge is 0.407 e. The molecule has 0 saturated carbocycles. The number of benzene rings is 3. The lowest BCUT2D eigenvalue weighted by Gasteiger charge is -2.35. The van der Waals surface area contributed by atoms with Gasteiger partial charge in [-0.25, -0.2) is 17.6 Å². The zero-order valence-electron chi connectivity index (χ0n) is 22.3. The fraction of sp³-hybridized carbons (Fsp3) is 0.345. The van der Waals surface area contributed by atoms with Gasteiger partial charge in [0.05, 0.1) is 12.0 Å². The number of rotatable bonds is 13. The number of aliphatic hydroxyl groups excluding tert-OH is 1. The summed E-state index contributed by atoms with van der Waals surface area (Å²) in [5.74, 6) is -0.0613. The first-order chi connectivity index (χ1) is 18.5. The molecule has 0 radical (unpaired) electrons. The Morgan fingerprint density at radius 2 is 1.56 bits per heavy atom. The molecule has 210 valence electrons. The van der Waals surface area contributed by atoms with E-state index in [-0.39, 0.29) is 36.7 Å². The van der Waals surface area contributed by atoms with Crippen LogP contribution >= 0.6 is 0 Å². The summed E-state index contributed by atoms with van der Waals surface area (Å²) in [5.41, 5.74) is 1.39. The Morgan fingerprint density at radius 1 is 0.949 bits per heavy atom. The van der Waals surface area contributed by atoms with Gasteiger partial charge in [0.15, 0.2) is 0 Å². The highest BCUT2D eigenvalue weighted by Crippen LogP contribution is 2.26. The third-order valence-electron chi connectivity index (χ3n) is 6.29. The Balaban J connectivity index is 1.97. The van der Waals surface area contributed by atoms with Crippen molar-refractivity contribution in [2.75, 3.05) is 13.7 Å². The predicted octanol–water partition coefficient (Wildman–Crippen LogP) is 4.98. The molecule has 0 spiro atoms. The van der Waals surface area contributed by atoms with Crippen molar-refractivity contribution in [1.29, 1.82) is 0 Å². The van der Waals surface area contributed by atoms with E-state index in [1.807, 2.05) is 19.9 Å². The van der Waals surface area contributed by atoms with Crippen molar-refractivity contribution < 1.29 is 32.6 Å². The molecule has 3 aromatic rings. The van der Waals surface area contributed by atoms with E-state index in [1.165, 1.54) is 48.4 Å². The van der Waals surface area contributed by atoms with Crippen LogP contribution < -0.4 is 4.74 Å². The van der Waals surface area contributed by atoms with Gasteiger partial charge < -0.3 is 19.8 Å². The first kappa shape index (κ1) is 30.1. The summed E-state index contributed by atoms with van der Waals surface area (Å²) in [6.07, 6.45) is -2.79. The number of sulfonamides is 1. The van der Waals surface area contributed by atoms with E-state index in [4.69, 9.17) is 4.74 Å². The highest BCUT2D eigenvalue weighted by Gasteiger charge is 2.35. The van der Waals surface area contributed by atoms with Crippen molar-refractivity contribution in [3.8, 4) is 5.75 Å². The highest BCUT2D eigenvalue weighted by molar-refractivity contribution is 7.89. The van der Waals surface area contributed by atoms with Crippen LogP contribution in [0.4, 0.5) is 9.18 Å². The lowest BCUT2D eigenvalue weighted by molar-refractivity contribution is 0.0208. The summed E-state index contributed by atoms with van der Waals surface area (Å²) in [5, 5.41) is 21.5. The van der Waals surface area contributed by atoms with Gasteiger partial charge in [-0.15, -0.1) is 0 Å². The average molecular weight is 559 g/mol. The maximum atomic E-state index is 13.6. The summed E-state index contributed by atoms with van der Waals surface area (Å²) < 4.78 is 47.0. The highest BCUT2D eigenvalue weighted by atomic mass is 32.2. The second-order valence-corrected chi connectivity index (χ2v) is 11.6. The third-order valence-corrected chi connectivity index (χ3v) is 8.17. The molecule has 3 aromatic carbocycles. The van der Waals surface area contributed by atoms with Gasteiger partial charge in [0, 0.05) is 25.6 Å². The predicted molar refractivity (Wildman–Crippen MR) is 146 cm³/mol. The Hall–Kier alpha value is -3.47. The minimum Gasteiger partial charge on any atom is -0.497 e. The number of carbonyl (C=O) groups is 1. The van der Waals surface area contributed by atoms with E-state index in [2.05, 4.69) is 0 Å². The number of halogens is 1. The maximum Gasteiger partial charge on any atom is 0.407 e. The van der Waals surface area contributed by atoms with Crippen LogP contribution in [0.1, 0.15) is 31.4 Å². The van der Waals surface area contributed by atoms with E-state index in [1.54, 1.807) is 36.4 Å². The Labute approximate surface area is 229 Å². The zero-order valence-corrected chi connectivity index (χ0v) is 23.1. The standard InChI is InChI=1S/C29H35FN2O6S/c1-21(2)19-32(39(36,37)27-15-13-26(38-3)14-16-27)28(33)18-25(17-22-9-11-24(30)12-10-22)31(29(34)35)20-23-7-5-4-6-8-23/h4-16,21,25,28,33H,17-20H2,1-3H3,(H,34,35)/t25?,28-/m0/s1. The molecule has 0 aliphatic rings. The molecule has 3 rings (SSSR count). The largest absolute Gasteiger partial charge is 0.497 e. The third kappa shape index (κ3) is 8.26. The normalized spacial score (nSPS) is 13.3. The number of aliphatic hydroxyl groups is 1. The van der Waals surface area contributed by atoms with Crippen molar-refractivity contribution in [2.45, 2.75) is 50.4 Å². The average Bonchev–Trinajstić information content (AvgIpc) is 2.91. The number of hydrogen-bond acceptors (Lipinski definition) is 5. The second kappa shape index (κ2) is 13.5. The minimum atomic E-state index is -4.14. The molecule has 0 heterocycles. The van der Waals surface area contributed by atoms with Gasteiger partial charge in [0.1, 0.15) is 17.8 Å². The number of hydrogen-bond donors (Lipinski definition) is 2. The van der Waals surface area contributed by atoms with Crippen LogP contribution in [0, 0.1) is 11.7 Å². The first-order valence-electron chi connectivity index (χ1n) is 12.6. The SMILES string of the molecule is COc1ccc(S(=O)(=O)N(CC(C)C)[C@@H](O)CC(Cc2ccc(F)cc2)N(Cc2ccccc2)C(=O)O)cc1. The fourth-order valence-corrected chi connectivity index (χ4v) is 5.98. The molecule has 0 bridgehead atoms. The van der Waals surface area contributed by atoms with Gasteiger partial charge in [0.2, 0.25) is 10.0 Å². The molecule has 0 saturated heterocycles. The molecule has 0 fully saturated rings. The van der Waals surface area contributed by atoms with E-state index < -0.39 is 34.2 Å². The van der Waals surface area contributed by atoms with Crippen molar-refractivity contribution in [1.82, 2.24) is 9.21 Å². The second-order valence-electron chi connectivity index (χ2n) is 9.74. The molecule has 2 N–H and O–H groups in total. The zero-order chi connectivity index (χ0) is 28.6. The van der Waals surface area contributed by atoms with Crippen molar-refractivity contribution in [2.24, 2.45) is 5.92 Å². The molecule has 8 nitrogen and oxygen atoms in total. The van der Waals surface area contributed by atoms with Crippen molar-refractivity contribution >= 4 is 16.1 Å². The van der Waals surface area contributed by atoms with Gasteiger partial charge in [-0.2, -0.15) is 4.31 Å². The minimum absolute atomic E-state index is 0.0162. The van der Waals surface area contributed by atoms with Crippen LogP contribution in [0.15, 0.2) is 83.8 Å². The fourth-order valence-electron chi connectivity index (χ4n) is 4.33. The molecule has 39 heavy (non-hydrogen) atoms. The van der Waals surface area contributed by atoms with Gasteiger partial charge >= 0.3 is 6.09 Å². The molecule has 1 unspecified atom stereocenters. The Morgan fingerprint density at radius 3 is 2.10 bits per heavy atom. The number of methoxy groups -OCH3 is 1.